The average molecular weight is 466 g/mol. The Hall–Kier alpha value is -3.19. The summed E-state index contributed by atoms with van der Waals surface area (Å²) in [6.45, 7) is 5.54. The van der Waals surface area contributed by atoms with Crippen LogP contribution < -0.4 is 5.32 Å². The van der Waals surface area contributed by atoms with Crippen LogP contribution in [0.15, 0.2) is 60.7 Å². The maximum absolute atomic E-state index is 13.5. The van der Waals surface area contributed by atoms with Gasteiger partial charge in [-0.3, -0.25) is 9.59 Å². The minimum Gasteiger partial charge on any atom is -0.449 e. The first-order valence-electron chi connectivity index (χ1n) is 11.5. The summed E-state index contributed by atoms with van der Waals surface area (Å²) in [4.78, 5) is 39.5. The molecular weight excluding hydrogens is 434 g/mol. The third-order valence-electron chi connectivity index (χ3n) is 7.83. The molecule has 1 saturated heterocycles. The summed E-state index contributed by atoms with van der Waals surface area (Å²) in [5, 5.41) is 2.83. The first-order valence-corrected chi connectivity index (χ1v) is 11.5. The number of fused-ring (bicyclic) bond motifs is 2. The van der Waals surface area contributed by atoms with Gasteiger partial charge >= 0.3 is 11.9 Å². The number of esters is 2. The SMILES string of the molecule is CO[C@H](NC(=O)[C@H](Cc1ccccc1)OC(=O)[C@@]12CC[C@@](C)(C(=O)O1)C2(C)C)c1ccccc1. The number of hydrogen-bond acceptors (Lipinski definition) is 6. The minimum absolute atomic E-state index is 0.172. The van der Waals surface area contributed by atoms with E-state index in [-0.39, 0.29) is 6.42 Å². The Morgan fingerprint density at radius 3 is 2.15 bits per heavy atom. The lowest BCUT2D eigenvalue weighted by atomic mass is 9.66. The van der Waals surface area contributed by atoms with Gasteiger partial charge in [0.1, 0.15) is 0 Å². The van der Waals surface area contributed by atoms with Crippen LogP contribution in [0.4, 0.5) is 0 Å². The number of hydrogen-bond donors (Lipinski definition) is 1. The fourth-order valence-electron chi connectivity index (χ4n) is 5.07. The summed E-state index contributed by atoms with van der Waals surface area (Å²) < 4.78 is 17.0. The zero-order valence-corrected chi connectivity index (χ0v) is 20.0. The fraction of sp³-hybridized carbons (Fsp3) is 0.444. The van der Waals surface area contributed by atoms with Crippen molar-refractivity contribution in [2.45, 2.75) is 58.0 Å². The molecule has 1 aliphatic heterocycles. The molecule has 4 atom stereocenters. The predicted molar refractivity (Wildman–Crippen MR) is 124 cm³/mol. The molecular formula is C27H31NO6. The van der Waals surface area contributed by atoms with Gasteiger partial charge in [0.25, 0.3) is 5.91 Å². The predicted octanol–water partition coefficient (Wildman–Crippen LogP) is 3.72. The van der Waals surface area contributed by atoms with E-state index in [1.165, 1.54) is 7.11 Å². The van der Waals surface area contributed by atoms with Crippen molar-refractivity contribution >= 4 is 17.8 Å². The molecule has 1 amide bonds. The Labute approximate surface area is 199 Å². The van der Waals surface area contributed by atoms with E-state index in [0.29, 0.717) is 12.8 Å². The van der Waals surface area contributed by atoms with Gasteiger partial charge in [-0.05, 0) is 25.3 Å². The smallest absolute Gasteiger partial charge is 0.352 e. The first kappa shape index (κ1) is 24.0. The van der Waals surface area contributed by atoms with Crippen molar-refractivity contribution < 1.29 is 28.6 Å². The highest BCUT2D eigenvalue weighted by Crippen LogP contribution is 2.65. The number of rotatable bonds is 8. The molecule has 1 N–H and O–H groups in total. The van der Waals surface area contributed by atoms with Gasteiger partial charge in [-0.1, -0.05) is 74.5 Å². The van der Waals surface area contributed by atoms with Crippen LogP contribution in [0.5, 0.6) is 0 Å². The number of nitrogens with one attached hydrogen (secondary N) is 1. The summed E-state index contributed by atoms with van der Waals surface area (Å²) in [5.74, 6) is -1.57. The molecule has 180 valence electrons. The van der Waals surface area contributed by atoms with E-state index < -0.39 is 46.6 Å². The van der Waals surface area contributed by atoms with Crippen LogP contribution in [0.25, 0.3) is 0 Å². The third kappa shape index (κ3) is 3.78. The summed E-state index contributed by atoms with van der Waals surface area (Å²) >= 11 is 0. The maximum atomic E-state index is 13.5. The van der Waals surface area contributed by atoms with Gasteiger partial charge in [0.05, 0.1) is 5.41 Å². The lowest BCUT2D eigenvalue weighted by Crippen LogP contribution is -2.52. The molecule has 2 bridgehead atoms. The molecule has 1 aliphatic carbocycles. The van der Waals surface area contributed by atoms with Crippen molar-refractivity contribution in [2.75, 3.05) is 7.11 Å². The second-order valence-corrected chi connectivity index (χ2v) is 9.79. The molecule has 2 fully saturated rings. The summed E-state index contributed by atoms with van der Waals surface area (Å²) in [7, 11) is 1.50. The molecule has 1 heterocycles. The van der Waals surface area contributed by atoms with E-state index in [1.54, 1.807) is 0 Å². The van der Waals surface area contributed by atoms with Gasteiger partial charge in [0.15, 0.2) is 12.3 Å². The second kappa shape index (κ2) is 8.87. The highest BCUT2D eigenvalue weighted by atomic mass is 16.6. The maximum Gasteiger partial charge on any atom is 0.352 e. The molecule has 2 aromatic rings. The van der Waals surface area contributed by atoms with Crippen molar-refractivity contribution in [3.05, 3.63) is 71.8 Å². The Kier molecular flexibility index (Phi) is 6.25. The van der Waals surface area contributed by atoms with Crippen molar-refractivity contribution in [2.24, 2.45) is 10.8 Å². The van der Waals surface area contributed by atoms with Crippen LogP contribution >= 0.6 is 0 Å². The van der Waals surface area contributed by atoms with Crippen molar-refractivity contribution in [1.29, 1.82) is 0 Å². The van der Waals surface area contributed by atoms with Gasteiger partial charge in [-0.25, -0.2) is 4.79 Å². The second-order valence-electron chi connectivity index (χ2n) is 9.79. The van der Waals surface area contributed by atoms with Crippen LogP contribution in [0.2, 0.25) is 0 Å². The highest BCUT2D eigenvalue weighted by molar-refractivity contribution is 5.95. The largest absolute Gasteiger partial charge is 0.449 e. The summed E-state index contributed by atoms with van der Waals surface area (Å²) in [6.07, 6.45) is -0.771. The monoisotopic (exact) mass is 465 g/mol. The zero-order valence-electron chi connectivity index (χ0n) is 20.0. The van der Waals surface area contributed by atoms with Crippen LogP contribution in [0, 0.1) is 10.8 Å². The molecule has 1 saturated carbocycles. The molecule has 2 aliphatic rings. The Morgan fingerprint density at radius 1 is 1.00 bits per heavy atom. The molecule has 0 unspecified atom stereocenters. The third-order valence-corrected chi connectivity index (χ3v) is 7.83. The van der Waals surface area contributed by atoms with Gasteiger partial charge in [0.2, 0.25) is 5.60 Å². The quantitative estimate of drug-likeness (QED) is 0.472. The molecule has 7 heteroatoms. The summed E-state index contributed by atoms with van der Waals surface area (Å²) in [6, 6.07) is 18.6. The van der Waals surface area contributed by atoms with Crippen LogP contribution in [0.1, 0.15) is 51.0 Å². The van der Waals surface area contributed by atoms with Gasteiger partial charge in [-0.2, -0.15) is 0 Å². The number of carbonyl (C=O) groups excluding carboxylic acids is 3. The molecule has 0 radical (unpaired) electrons. The molecule has 0 spiro atoms. The van der Waals surface area contributed by atoms with Crippen molar-refractivity contribution in [3.8, 4) is 0 Å². The standard InChI is InChI=1S/C27H31NO6/c1-25(2)26(3)15-16-27(25,34-23(26)30)24(31)33-20(17-18-11-7-5-8-12-18)21(29)28-22(32-4)19-13-9-6-10-14-19/h5-14,20,22H,15-17H2,1-4H3,(H,28,29)/t20-,22-,26-,27+/m0/s1. The lowest BCUT2D eigenvalue weighted by molar-refractivity contribution is -0.188. The number of benzene rings is 2. The Bertz CT molecular complexity index is 1070. The molecule has 34 heavy (non-hydrogen) atoms. The first-order chi connectivity index (χ1) is 16.1. The Morgan fingerprint density at radius 2 is 1.62 bits per heavy atom. The van der Waals surface area contributed by atoms with E-state index in [4.69, 9.17) is 14.2 Å². The van der Waals surface area contributed by atoms with Crippen LogP contribution in [-0.2, 0) is 35.0 Å². The Balaban J connectivity index is 1.58. The minimum atomic E-state index is -1.41. The van der Waals surface area contributed by atoms with E-state index in [0.717, 1.165) is 11.1 Å². The molecule has 2 aromatic carbocycles. The van der Waals surface area contributed by atoms with Crippen LogP contribution in [-0.4, -0.2) is 36.7 Å². The highest BCUT2D eigenvalue weighted by Gasteiger charge is 2.76. The van der Waals surface area contributed by atoms with E-state index in [2.05, 4.69) is 5.32 Å². The van der Waals surface area contributed by atoms with E-state index in [9.17, 15) is 14.4 Å². The number of ether oxygens (including phenoxy) is 3. The van der Waals surface area contributed by atoms with Crippen LogP contribution in [0.3, 0.4) is 0 Å². The van der Waals surface area contributed by atoms with Gasteiger partial charge in [-0.15, -0.1) is 0 Å². The number of methoxy groups -OCH3 is 1. The summed E-state index contributed by atoms with van der Waals surface area (Å²) in [5.41, 5.74) is -1.34. The zero-order chi connectivity index (χ0) is 24.6. The number of amides is 1. The normalized spacial score (nSPS) is 26.4. The molecule has 7 nitrogen and oxygen atoms in total. The fourth-order valence-corrected chi connectivity index (χ4v) is 5.07. The van der Waals surface area contributed by atoms with E-state index >= 15 is 0 Å². The van der Waals surface area contributed by atoms with Crippen molar-refractivity contribution in [3.63, 3.8) is 0 Å². The van der Waals surface area contributed by atoms with Gasteiger partial charge < -0.3 is 19.5 Å². The van der Waals surface area contributed by atoms with Crippen molar-refractivity contribution in [1.82, 2.24) is 5.32 Å². The number of carbonyl (C=O) groups is 3. The van der Waals surface area contributed by atoms with E-state index in [1.807, 2.05) is 81.4 Å². The molecule has 0 aromatic heterocycles. The average Bonchev–Trinajstić information content (AvgIpc) is 3.13. The molecule has 4 rings (SSSR count). The van der Waals surface area contributed by atoms with Gasteiger partial charge in [0, 0.05) is 24.5 Å². The lowest BCUT2D eigenvalue weighted by Gasteiger charge is -2.35. The topological polar surface area (TPSA) is 90.9 Å².